The van der Waals surface area contributed by atoms with Crippen molar-refractivity contribution in [2.45, 2.75) is 25.3 Å². The van der Waals surface area contributed by atoms with Crippen LogP contribution in [0.2, 0.25) is 0 Å². The molecule has 4 heteroatoms. The summed E-state index contributed by atoms with van der Waals surface area (Å²) in [5.41, 5.74) is 1.12. The molecule has 2 aromatic rings. The minimum Gasteiger partial charge on any atom is -0.296 e. The van der Waals surface area contributed by atoms with Gasteiger partial charge in [0.2, 0.25) is 0 Å². The Morgan fingerprint density at radius 3 is 3.06 bits per heavy atom. The normalized spacial score (nSPS) is 25.7. The van der Waals surface area contributed by atoms with E-state index in [1.54, 1.807) is 0 Å². The highest BCUT2D eigenvalue weighted by Gasteiger charge is 2.24. The first-order chi connectivity index (χ1) is 8.72. The Balaban J connectivity index is 1.72. The second-order valence-corrected chi connectivity index (χ2v) is 6.77. The lowest BCUT2D eigenvalue weighted by Crippen LogP contribution is -2.39. The average molecular weight is 281 g/mol. The van der Waals surface area contributed by atoms with E-state index in [4.69, 9.17) is 16.6 Å². The molecule has 0 saturated carbocycles. The quantitative estimate of drug-likeness (QED) is 0.779. The van der Waals surface area contributed by atoms with E-state index in [1.165, 1.54) is 9.71 Å². The Kier molecular flexibility index (Phi) is 3.55. The average Bonchev–Trinajstić information content (AvgIpc) is 2.76. The summed E-state index contributed by atoms with van der Waals surface area (Å²) in [6.45, 7) is 5.38. The Labute approximate surface area is 117 Å². The molecule has 0 spiro atoms. The van der Waals surface area contributed by atoms with Gasteiger partial charge in [0, 0.05) is 18.5 Å². The third-order valence-corrected chi connectivity index (χ3v) is 5.25. The smallest absolute Gasteiger partial charge is 0.108 e. The van der Waals surface area contributed by atoms with Crippen LogP contribution < -0.4 is 0 Å². The number of para-hydroxylation sites is 1. The number of likely N-dealkylation sites (tertiary alicyclic amines) is 1. The van der Waals surface area contributed by atoms with Crippen LogP contribution in [-0.2, 0) is 6.54 Å². The molecule has 1 aromatic carbocycles. The molecule has 3 rings (SSSR count). The van der Waals surface area contributed by atoms with Crippen LogP contribution in [0.1, 0.15) is 18.4 Å². The second kappa shape index (κ2) is 5.16. The molecular weight excluding hydrogens is 264 g/mol. The van der Waals surface area contributed by atoms with Gasteiger partial charge in [-0.2, -0.15) is 0 Å². The van der Waals surface area contributed by atoms with Gasteiger partial charge < -0.3 is 0 Å². The Hall–Kier alpha value is -0.640. The number of fused-ring (bicyclic) bond motifs is 1. The number of piperidine rings is 1. The molecule has 1 aromatic heterocycles. The van der Waals surface area contributed by atoms with Gasteiger partial charge in [0.1, 0.15) is 5.01 Å². The summed E-state index contributed by atoms with van der Waals surface area (Å²) in [6, 6.07) is 8.35. The van der Waals surface area contributed by atoms with Crippen LogP contribution in [0.3, 0.4) is 0 Å². The van der Waals surface area contributed by atoms with E-state index in [0.717, 1.165) is 31.6 Å². The van der Waals surface area contributed by atoms with Gasteiger partial charge in [-0.25, -0.2) is 4.98 Å². The Bertz CT molecular complexity index is 506. The van der Waals surface area contributed by atoms with Crippen LogP contribution in [0.4, 0.5) is 0 Å². The number of aromatic nitrogens is 1. The molecule has 18 heavy (non-hydrogen) atoms. The number of nitrogens with zero attached hydrogens (tertiary/aromatic N) is 2. The van der Waals surface area contributed by atoms with Gasteiger partial charge in [-0.3, -0.25) is 4.90 Å². The van der Waals surface area contributed by atoms with Crippen molar-refractivity contribution in [3.05, 3.63) is 29.3 Å². The fourth-order valence-electron chi connectivity index (χ4n) is 2.53. The minimum atomic E-state index is 0.344. The van der Waals surface area contributed by atoms with Gasteiger partial charge in [-0.1, -0.05) is 19.1 Å². The number of hydrogen-bond acceptors (Lipinski definition) is 3. The Morgan fingerprint density at radius 1 is 1.44 bits per heavy atom. The molecule has 2 atom stereocenters. The van der Waals surface area contributed by atoms with Crippen LogP contribution in [0.15, 0.2) is 24.3 Å². The van der Waals surface area contributed by atoms with E-state index in [9.17, 15) is 0 Å². The lowest BCUT2D eigenvalue weighted by Gasteiger charge is -2.33. The minimum absolute atomic E-state index is 0.344. The highest BCUT2D eigenvalue weighted by Crippen LogP contribution is 2.26. The first-order valence-electron chi connectivity index (χ1n) is 6.43. The first kappa shape index (κ1) is 12.4. The zero-order chi connectivity index (χ0) is 12.5. The predicted octanol–water partition coefficient (Wildman–Crippen LogP) is 3.75. The lowest BCUT2D eigenvalue weighted by atomic mass is 10.00. The summed E-state index contributed by atoms with van der Waals surface area (Å²) in [5.74, 6) is 0.579. The summed E-state index contributed by atoms with van der Waals surface area (Å²) < 4.78 is 1.28. The van der Waals surface area contributed by atoms with E-state index in [-0.39, 0.29) is 0 Å². The molecule has 2 nitrogen and oxygen atoms in total. The number of thiazole rings is 1. The molecule has 0 aliphatic carbocycles. The predicted molar refractivity (Wildman–Crippen MR) is 78.3 cm³/mol. The summed E-state index contributed by atoms with van der Waals surface area (Å²) >= 11 is 8.07. The van der Waals surface area contributed by atoms with Crippen molar-refractivity contribution >= 4 is 33.2 Å². The van der Waals surface area contributed by atoms with E-state index < -0.39 is 0 Å². The first-order valence-corrected chi connectivity index (χ1v) is 7.68. The van der Waals surface area contributed by atoms with Crippen molar-refractivity contribution < 1.29 is 0 Å². The molecule has 1 fully saturated rings. The third-order valence-electron chi connectivity index (χ3n) is 3.58. The molecule has 2 heterocycles. The van der Waals surface area contributed by atoms with Crippen LogP contribution in [-0.4, -0.2) is 28.4 Å². The largest absolute Gasteiger partial charge is 0.296 e. The van der Waals surface area contributed by atoms with Crippen molar-refractivity contribution in [3.63, 3.8) is 0 Å². The van der Waals surface area contributed by atoms with Crippen molar-refractivity contribution in [1.29, 1.82) is 0 Å². The third kappa shape index (κ3) is 2.53. The molecule has 1 saturated heterocycles. The van der Waals surface area contributed by atoms with Crippen LogP contribution in [0.25, 0.3) is 10.2 Å². The monoisotopic (exact) mass is 280 g/mol. The molecule has 1 aliphatic heterocycles. The van der Waals surface area contributed by atoms with Gasteiger partial charge in [-0.15, -0.1) is 22.9 Å². The molecule has 1 aliphatic rings. The molecule has 2 unspecified atom stereocenters. The van der Waals surface area contributed by atoms with Gasteiger partial charge in [-0.05, 0) is 24.5 Å². The fourth-order valence-corrected chi connectivity index (χ4v) is 3.71. The summed E-state index contributed by atoms with van der Waals surface area (Å²) in [7, 11) is 0. The summed E-state index contributed by atoms with van der Waals surface area (Å²) in [6.07, 6.45) is 1.09. The maximum absolute atomic E-state index is 6.26. The van der Waals surface area contributed by atoms with Gasteiger partial charge in [0.15, 0.2) is 0 Å². The standard InChI is InChI=1S/C14H17ClN2S/c1-10-8-17(7-6-11(10)15)9-14-16-12-4-2-3-5-13(12)18-14/h2-5,10-11H,6-9H2,1H3. The molecular formula is C14H17ClN2S. The topological polar surface area (TPSA) is 16.1 Å². The summed E-state index contributed by atoms with van der Waals surface area (Å²) in [5, 5.41) is 1.56. The molecule has 0 amide bonds. The highest BCUT2D eigenvalue weighted by atomic mass is 35.5. The second-order valence-electron chi connectivity index (χ2n) is 5.09. The molecule has 96 valence electrons. The summed E-state index contributed by atoms with van der Waals surface area (Å²) in [4.78, 5) is 7.17. The number of alkyl halides is 1. The number of rotatable bonds is 2. The van der Waals surface area contributed by atoms with E-state index in [1.807, 2.05) is 17.4 Å². The van der Waals surface area contributed by atoms with Gasteiger partial charge in [0.25, 0.3) is 0 Å². The van der Waals surface area contributed by atoms with E-state index >= 15 is 0 Å². The highest BCUT2D eigenvalue weighted by molar-refractivity contribution is 7.18. The van der Waals surface area contributed by atoms with Crippen LogP contribution >= 0.6 is 22.9 Å². The number of benzene rings is 1. The van der Waals surface area contributed by atoms with Gasteiger partial charge >= 0.3 is 0 Å². The molecule has 0 N–H and O–H groups in total. The maximum atomic E-state index is 6.26. The maximum Gasteiger partial charge on any atom is 0.108 e. The molecule has 0 radical (unpaired) electrons. The van der Waals surface area contributed by atoms with Gasteiger partial charge in [0.05, 0.1) is 16.8 Å². The van der Waals surface area contributed by atoms with E-state index in [0.29, 0.717) is 11.3 Å². The SMILES string of the molecule is CC1CN(Cc2nc3ccccc3s2)CCC1Cl. The van der Waals surface area contributed by atoms with Crippen molar-refractivity contribution in [3.8, 4) is 0 Å². The number of halogens is 1. The van der Waals surface area contributed by atoms with Crippen molar-refractivity contribution in [1.82, 2.24) is 9.88 Å². The zero-order valence-electron chi connectivity index (χ0n) is 10.5. The van der Waals surface area contributed by atoms with Crippen LogP contribution in [0.5, 0.6) is 0 Å². The lowest BCUT2D eigenvalue weighted by molar-refractivity contribution is 0.180. The Morgan fingerprint density at radius 2 is 2.28 bits per heavy atom. The van der Waals surface area contributed by atoms with Crippen LogP contribution in [0, 0.1) is 5.92 Å². The number of hydrogen-bond donors (Lipinski definition) is 0. The molecule has 0 bridgehead atoms. The fraction of sp³-hybridized carbons (Fsp3) is 0.500. The zero-order valence-corrected chi connectivity index (χ0v) is 12.0. The van der Waals surface area contributed by atoms with Crippen molar-refractivity contribution in [2.75, 3.05) is 13.1 Å². The van der Waals surface area contributed by atoms with E-state index in [2.05, 4.69) is 30.0 Å². The van der Waals surface area contributed by atoms with Crippen molar-refractivity contribution in [2.24, 2.45) is 5.92 Å².